The maximum atomic E-state index is 12.9. The van der Waals surface area contributed by atoms with Crippen molar-refractivity contribution in [2.45, 2.75) is 6.54 Å². The number of carbonyl (C=O) groups excluding carboxylic acids is 1. The lowest BCUT2D eigenvalue weighted by atomic mass is 10.1. The van der Waals surface area contributed by atoms with Crippen LogP contribution in [-0.2, 0) is 11.3 Å². The van der Waals surface area contributed by atoms with Crippen LogP contribution in [0, 0.1) is 0 Å². The number of halogens is 1. The van der Waals surface area contributed by atoms with Crippen molar-refractivity contribution < 1.29 is 19.0 Å². The molecule has 0 saturated carbocycles. The van der Waals surface area contributed by atoms with Gasteiger partial charge in [0.15, 0.2) is 11.5 Å². The second-order valence-electron chi connectivity index (χ2n) is 5.40. The zero-order valence-corrected chi connectivity index (χ0v) is 14.1. The van der Waals surface area contributed by atoms with Crippen molar-refractivity contribution >= 4 is 17.5 Å². The SMILES string of the molecule is COCCN(Cc1ccccc1)C(=O)c1cc(Cl)c2c(c1)OCO2. The lowest BCUT2D eigenvalue weighted by Gasteiger charge is -2.23. The molecule has 1 aliphatic heterocycles. The number of carbonyl (C=O) groups is 1. The molecule has 6 heteroatoms. The quantitative estimate of drug-likeness (QED) is 0.804. The molecule has 1 aliphatic rings. The first-order valence-electron chi connectivity index (χ1n) is 7.60. The van der Waals surface area contributed by atoms with Crippen molar-refractivity contribution in [3.63, 3.8) is 0 Å². The summed E-state index contributed by atoms with van der Waals surface area (Å²) in [6.07, 6.45) is 0. The van der Waals surface area contributed by atoms with Crippen LogP contribution in [0.3, 0.4) is 0 Å². The Labute approximate surface area is 145 Å². The number of methoxy groups -OCH3 is 1. The second-order valence-corrected chi connectivity index (χ2v) is 5.80. The number of hydrogen-bond donors (Lipinski definition) is 0. The Bertz CT molecular complexity index is 720. The minimum Gasteiger partial charge on any atom is -0.454 e. The lowest BCUT2D eigenvalue weighted by Crippen LogP contribution is -2.33. The van der Waals surface area contributed by atoms with Gasteiger partial charge in [-0.05, 0) is 17.7 Å². The summed E-state index contributed by atoms with van der Waals surface area (Å²) < 4.78 is 15.8. The molecule has 0 saturated heterocycles. The molecule has 2 aromatic rings. The number of ether oxygens (including phenoxy) is 3. The molecule has 5 nitrogen and oxygen atoms in total. The summed E-state index contributed by atoms with van der Waals surface area (Å²) >= 11 is 6.19. The van der Waals surface area contributed by atoms with Crippen molar-refractivity contribution in [1.82, 2.24) is 4.90 Å². The minimum absolute atomic E-state index is 0.115. The number of hydrogen-bond acceptors (Lipinski definition) is 4. The van der Waals surface area contributed by atoms with Crippen LogP contribution in [-0.4, -0.2) is 37.9 Å². The summed E-state index contributed by atoms with van der Waals surface area (Å²) in [4.78, 5) is 14.7. The van der Waals surface area contributed by atoms with Gasteiger partial charge in [-0.3, -0.25) is 4.79 Å². The highest BCUT2D eigenvalue weighted by molar-refractivity contribution is 6.32. The number of nitrogens with zero attached hydrogens (tertiary/aromatic N) is 1. The van der Waals surface area contributed by atoms with Crippen LogP contribution >= 0.6 is 11.6 Å². The third-order valence-corrected chi connectivity index (χ3v) is 4.02. The summed E-state index contributed by atoms with van der Waals surface area (Å²) in [5.41, 5.74) is 1.52. The molecular weight excluding hydrogens is 330 g/mol. The summed E-state index contributed by atoms with van der Waals surface area (Å²) in [5.74, 6) is 0.855. The van der Waals surface area contributed by atoms with E-state index in [1.54, 1.807) is 24.1 Å². The zero-order valence-electron chi connectivity index (χ0n) is 13.3. The number of rotatable bonds is 6. The molecule has 1 heterocycles. The van der Waals surface area contributed by atoms with Crippen LogP contribution in [0.2, 0.25) is 5.02 Å². The van der Waals surface area contributed by atoms with Crippen molar-refractivity contribution in [2.75, 3.05) is 27.1 Å². The molecule has 0 aliphatic carbocycles. The second kappa shape index (κ2) is 7.55. The fourth-order valence-electron chi connectivity index (χ4n) is 2.53. The molecule has 126 valence electrons. The molecule has 0 unspecified atom stereocenters. The Morgan fingerprint density at radius 1 is 1.25 bits per heavy atom. The number of amides is 1. The summed E-state index contributed by atoms with van der Waals surface area (Å²) in [5, 5.41) is 0.375. The van der Waals surface area contributed by atoms with E-state index in [0.717, 1.165) is 5.56 Å². The molecular formula is C18H18ClNO4. The van der Waals surface area contributed by atoms with Gasteiger partial charge in [0.05, 0.1) is 11.6 Å². The van der Waals surface area contributed by atoms with Gasteiger partial charge in [-0.1, -0.05) is 41.9 Å². The summed E-state index contributed by atoms with van der Waals surface area (Å²) in [6.45, 7) is 1.55. The van der Waals surface area contributed by atoms with Gasteiger partial charge in [0, 0.05) is 25.8 Å². The number of benzene rings is 2. The first-order valence-corrected chi connectivity index (χ1v) is 7.98. The van der Waals surface area contributed by atoms with E-state index in [9.17, 15) is 4.79 Å². The van der Waals surface area contributed by atoms with Crippen LogP contribution in [0.15, 0.2) is 42.5 Å². The van der Waals surface area contributed by atoms with E-state index in [0.29, 0.717) is 41.8 Å². The van der Waals surface area contributed by atoms with Crippen LogP contribution in [0.25, 0.3) is 0 Å². The topological polar surface area (TPSA) is 48.0 Å². The molecule has 0 fully saturated rings. The van der Waals surface area contributed by atoms with Gasteiger partial charge >= 0.3 is 0 Å². The third-order valence-electron chi connectivity index (χ3n) is 3.74. The van der Waals surface area contributed by atoms with E-state index < -0.39 is 0 Å². The molecule has 1 amide bonds. The maximum absolute atomic E-state index is 12.9. The van der Waals surface area contributed by atoms with Gasteiger partial charge in [0.2, 0.25) is 6.79 Å². The molecule has 0 radical (unpaired) electrons. The molecule has 0 bridgehead atoms. The normalized spacial score (nSPS) is 12.2. The molecule has 0 aromatic heterocycles. The Morgan fingerprint density at radius 2 is 2.04 bits per heavy atom. The maximum Gasteiger partial charge on any atom is 0.254 e. The van der Waals surface area contributed by atoms with Crippen LogP contribution < -0.4 is 9.47 Å². The minimum atomic E-state index is -0.129. The van der Waals surface area contributed by atoms with E-state index in [-0.39, 0.29) is 12.7 Å². The van der Waals surface area contributed by atoms with Crippen molar-refractivity contribution in [3.05, 3.63) is 58.6 Å². The van der Waals surface area contributed by atoms with Gasteiger partial charge in [0.25, 0.3) is 5.91 Å². The van der Waals surface area contributed by atoms with E-state index in [4.69, 9.17) is 25.8 Å². The van der Waals surface area contributed by atoms with Crippen LogP contribution in [0.4, 0.5) is 0 Å². The lowest BCUT2D eigenvalue weighted by molar-refractivity contribution is 0.0680. The average Bonchev–Trinajstić information content (AvgIpc) is 3.08. The Hall–Kier alpha value is -2.24. The molecule has 0 atom stereocenters. The van der Waals surface area contributed by atoms with Crippen LogP contribution in [0.5, 0.6) is 11.5 Å². The first kappa shape index (κ1) is 16.6. The summed E-state index contributed by atoms with van der Waals surface area (Å²) in [6, 6.07) is 13.1. The van der Waals surface area contributed by atoms with E-state index in [2.05, 4.69) is 0 Å². The zero-order chi connectivity index (χ0) is 16.9. The first-order chi connectivity index (χ1) is 11.7. The van der Waals surface area contributed by atoms with Gasteiger partial charge in [-0.15, -0.1) is 0 Å². The van der Waals surface area contributed by atoms with Crippen molar-refractivity contribution in [3.8, 4) is 11.5 Å². The van der Waals surface area contributed by atoms with E-state index in [1.165, 1.54) is 0 Å². The molecule has 24 heavy (non-hydrogen) atoms. The smallest absolute Gasteiger partial charge is 0.254 e. The van der Waals surface area contributed by atoms with Crippen molar-refractivity contribution in [1.29, 1.82) is 0 Å². The summed E-state index contributed by atoms with van der Waals surface area (Å²) in [7, 11) is 1.61. The molecule has 2 aromatic carbocycles. The van der Waals surface area contributed by atoms with E-state index >= 15 is 0 Å². The Kier molecular flexibility index (Phi) is 5.23. The fraction of sp³-hybridized carbons (Fsp3) is 0.278. The van der Waals surface area contributed by atoms with Crippen LogP contribution in [0.1, 0.15) is 15.9 Å². The van der Waals surface area contributed by atoms with Gasteiger partial charge < -0.3 is 19.1 Å². The molecule has 0 spiro atoms. The predicted molar refractivity (Wildman–Crippen MR) is 90.6 cm³/mol. The standard InChI is InChI=1S/C18H18ClNO4/c1-22-8-7-20(11-13-5-3-2-4-6-13)18(21)14-9-15(19)17-16(10-14)23-12-24-17/h2-6,9-10H,7-8,11-12H2,1H3. The average molecular weight is 348 g/mol. The Morgan fingerprint density at radius 3 is 2.79 bits per heavy atom. The van der Waals surface area contributed by atoms with Crippen molar-refractivity contribution in [2.24, 2.45) is 0 Å². The largest absolute Gasteiger partial charge is 0.454 e. The third kappa shape index (κ3) is 3.63. The highest BCUT2D eigenvalue weighted by Gasteiger charge is 2.23. The molecule has 0 N–H and O–H groups in total. The van der Waals surface area contributed by atoms with Gasteiger partial charge in [-0.2, -0.15) is 0 Å². The fourth-order valence-corrected chi connectivity index (χ4v) is 2.80. The molecule has 3 rings (SSSR count). The predicted octanol–water partition coefficient (Wildman–Crippen LogP) is 3.36. The van der Waals surface area contributed by atoms with Gasteiger partial charge in [0.1, 0.15) is 0 Å². The van der Waals surface area contributed by atoms with Gasteiger partial charge in [-0.25, -0.2) is 0 Å². The highest BCUT2D eigenvalue weighted by atomic mass is 35.5. The highest BCUT2D eigenvalue weighted by Crippen LogP contribution is 2.40. The van der Waals surface area contributed by atoms with E-state index in [1.807, 2.05) is 30.3 Å². The number of fused-ring (bicyclic) bond motifs is 1. The monoisotopic (exact) mass is 347 g/mol. The Balaban J connectivity index is 1.84.